The number of carbonyl (C=O) groups is 3. The highest BCUT2D eigenvalue weighted by atomic mass is 19.1. The third-order valence-corrected chi connectivity index (χ3v) is 5.58. The molecule has 0 aromatic heterocycles. The molecule has 0 unspecified atom stereocenters. The standard InChI is InChI=1S/C20H22FN3O3/c21-17-12-15(23-9-3-4-10-23)8-7-13(17)11-16-18(25)22-20(27)24(19(16)26)14-5-1-2-6-14/h7-8,11-12,14H,1-6,9-10H2,(H,22,25,27)/b16-11+. The van der Waals surface area contributed by atoms with Crippen molar-refractivity contribution in [3.05, 3.63) is 35.2 Å². The summed E-state index contributed by atoms with van der Waals surface area (Å²) in [7, 11) is 0. The first-order valence-corrected chi connectivity index (χ1v) is 9.49. The van der Waals surface area contributed by atoms with Gasteiger partial charge in [-0.3, -0.25) is 19.8 Å². The third-order valence-electron chi connectivity index (χ3n) is 5.58. The molecule has 1 N–H and O–H groups in total. The lowest BCUT2D eigenvalue weighted by Crippen LogP contribution is -2.57. The first-order chi connectivity index (χ1) is 13.0. The van der Waals surface area contributed by atoms with Crippen molar-refractivity contribution in [3.8, 4) is 0 Å². The number of carbonyl (C=O) groups excluding carboxylic acids is 3. The smallest absolute Gasteiger partial charge is 0.331 e. The van der Waals surface area contributed by atoms with Gasteiger partial charge in [0.05, 0.1) is 0 Å². The van der Waals surface area contributed by atoms with Crippen LogP contribution in [-0.2, 0) is 9.59 Å². The minimum atomic E-state index is -0.776. The van der Waals surface area contributed by atoms with Crippen LogP contribution in [0.5, 0.6) is 0 Å². The summed E-state index contributed by atoms with van der Waals surface area (Å²) in [5, 5.41) is 2.21. The van der Waals surface area contributed by atoms with E-state index in [0.29, 0.717) is 0 Å². The van der Waals surface area contributed by atoms with Gasteiger partial charge in [0.2, 0.25) is 0 Å². The summed E-state index contributed by atoms with van der Waals surface area (Å²) in [6.07, 6.45) is 6.79. The molecule has 3 fully saturated rings. The van der Waals surface area contributed by atoms with Gasteiger partial charge in [-0.1, -0.05) is 12.8 Å². The molecule has 4 rings (SSSR count). The largest absolute Gasteiger partial charge is 0.371 e. The second-order valence-electron chi connectivity index (χ2n) is 7.33. The van der Waals surface area contributed by atoms with Gasteiger partial charge in [-0.2, -0.15) is 0 Å². The number of halogens is 1. The molecular weight excluding hydrogens is 349 g/mol. The van der Waals surface area contributed by atoms with Crippen LogP contribution in [0.2, 0.25) is 0 Å². The van der Waals surface area contributed by atoms with Crippen LogP contribution in [0.1, 0.15) is 44.1 Å². The number of amides is 4. The van der Waals surface area contributed by atoms with Crippen molar-refractivity contribution in [3.63, 3.8) is 0 Å². The molecule has 27 heavy (non-hydrogen) atoms. The molecule has 0 spiro atoms. The summed E-state index contributed by atoms with van der Waals surface area (Å²) in [6.45, 7) is 1.80. The Morgan fingerprint density at radius 1 is 1.04 bits per heavy atom. The van der Waals surface area contributed by atoms with Crippen molar-refractivity contribution >= 4 is 29.6 Å². The van der Waals surface area contributed by atoms with Crippen molar-refractivity contribution in [2.45, 2.75) is 44.6 Å². The van der Waals surface area contributed by atoms with E-state index in [2.05, 4.69) is 10.2 Å². The van der Waals surface area contributed by atoms with Crippen molar-refractivity contribution in [1.82, 2.24) is 10.2 Å². The summed E-state index contributed by atoms with van der Waals surface area (Å²) in [6, 6.07) is 3.93. The first-order valence-electron chi connectivity index (χ1n) is 9.49. The average Bonchev–Trinajstić information content (AvgIpc) is 3.33. The number of nitrogens with one attached hydrogen (secondary N) is 1. The zero-order chi connectivity index (χ0) is 19.0. The van der Waals surface area contributed by atoms with Crippen LogP contribution in [0.4, 0.5) is 14.9 Å². The lowest BCUT2D eigenvalue weighted by atomic mass is 10.0. The van der Waals surface area contributed by atoms with E-state index in [1.807, 2.05) is 0 Å². The average molecular weight is 371 g/mol. The Balaban J connectivity index is 1.62. The quantitative estimate of drug-likeness (QED) is 0.655. The number of anilines is 1. The van der Waals surface area contributed by atoms with Crippen molar-refractivity contribution in [2.75, 3.05) is 18.0 Å². The van der Waals surface area contributed by atoms with Crippen LogP contribution in [-0.4, -0.2) is 41.9 Å². The molecule has 4 amide bonds. The molecular formula is C20H22FN3O3. The normalized spacial score (nSPS) is 22.9. The van der Waals surface area contributed by atoms with Crippen LogP contribution in [0, 0.1) is 5.82 Å². The zero-order valence-corrected chi connectivity index (χ0v) is 15.0. The Hall–Kier alpha value is -2.70. The fourth-order valence-electron chi connectivity index (χ4n) is 4.13. The molecule has 7 heteroatoms. The molecule has 2 aliphatic heterocycles. The number of nitrogens with zero attached hydrogens (tertiary/aromatic N) is 2. The predicted octanol–water partition coefficient (Wildman–Crippen LogP) is 2.83. The highest BCUT2D eigenvalue weighted by molar-refractivity contribution is 6.31. The number of imide groups is 2. The number of urea groups is 1. The van der Waals surface area contributed by atoms with Crippen LogP contribution >= 0.6 is 0 Å². The maximum Gasteiger partial charge on any atom is 0.331 e. The SMILES string of the molecule is O=C1NC(=O)N(C2CCCC2)C(=O)/C1=C/c1ccc(N2CCCC2)cc1F. The number of benzene rings is 1. The van der Waals surface area contributed by atoms with Crippen LogP contribution in [0.3, 0.4) is 0 Å². The lowest BCUT2D eigenvalue weighted by Gasteiger charge is -2.31. The number of barbiturate groups is 1. The number of hydrogen-bond acceptors (Lipinski definition) is 4. The van der Waals surface area contributed by atoms with E-state index < -0.39 is 23.7 Å². The number of rotatable bonds is 3. The van der Waals surface area contributed by atoms with E-state index in [1.165, 1.54) is 12.1 Å². The molecule has 0 radical (unpaired) electrons. The van der Waals surface area contributed by atoms with E-state index >= 15 is 0 Å². The fraction of sp³-hybridized carbons (Fsp3) is 0.450. The number of hydrogen-bond donors (Lipinski definition) is 1. The van der Waals surface area contributed by atoms with Gasteiger partial charge < -0.3 is 4.90 Å². The van der Waals surface area contributed by atoms with Crippen LogP contribution < -0.4 is 10.2 Å². The van der Waals surface area contributed by atoms with Gasteiger partial charge in [0.1, 0.15) is 11.4 Å². The lowest BCUT2D eigenvalue weighted by molar-refractivity contribution is -0.131. The van der Waals surface area contributed by atoms with Crippen molar-refractivity contribution < 1.29 is 18.8 Å². The monoisotopic (exact) mass is 371 g/mol. The Morgan fingerprint density at radius 2 is 1.74 bits per heavy atom. The molecule has 3 aliphatic rings. The summed E-state index contributed by atoms with van der Waals surface area (Å²) >= 11 is 0. The van der Waals surface area contributed by atoms with Gasteiger partial charge in [0, 0.05) is 30.4 Å². The van der Waals surface area contributed by atoms with Crippen molar-refractivity contribution in [1.29, 1.82) is 0 Å². The molecule has 0 atom stereocenters. The molecule has 2 saturated heterocycles. The van der Waals surface area contributed by atoms with E-state index in [1.54, 1.807) is 12.1 Å². The molecule has 1 aromatic rings. The van der Waals surface area contributed by atoms with E-state index in [0.717, 1.165) is 62.2 Å². The molecule has 142 valence electrons. The van der Waals surface area contributed by atoms with E-state index in [9.17, 15) is 18.8 Å². The second kappa shape index (κ2) is 7.13. The van der Waals surface area contributed by atoms with Gasteiger partial charge in [-0.15, -0.1) is 0 Å². The van der Waals surface area contributed by atoms with E-state index in [4.69, 9.17) is 0 Å². The van der Waals surface area contributed by atoms with Gasteiger partial charge in [0.15, 0.2) is 0 Å². The molecule has 1 saturated carbocycles. The van der Waals surface area contributed by atoms with Gasteiger partial charge in [-0.25, -0.2) is 9.18 Å². The third kappa shape index (κ3) is 3.34. The maximum atomic E-state index is 14.6. The van der Waals surface area contributed by atoms with Gasteiger partial charge in [-0.05, 0) is 50.0 Å². The predicted molar refractivity (Wildman–Crippen MR) is 98.5 cm³/mol. The Kier molecular flexibility index (Phi) is 4.68. The maximum absolute atomic E-state index is 14.6. The molecule has 2 heterocycles. The highest BCUT2D eigenvalue weighted by Crippen LogP contribution is 2.28. The first kappa shape index (κ1) is 17.7. The van der Waals surface area contributed by atoms with Crippen LogP contribution in [0.25, 0.3) is 6.08 Å². The van der Waals surface area contributed by atoms with Gasteiger partial charge in [0.25, 0.3) is 11.8 Å². The molecule has 6 nitrogen and oxygen atoms in total. The highest BCUT2D eigenvalue weighted by Gasteiger charge is 2.40. The summed E-state index contributed by atoms with van der Waals surface area (Å²) in [5.41, 5.74) is 0.765. The fourth-order valence-corrected chi connectivity index (χ4v) is 4.13. The van der Waals surface area contributed by atoms with E-state index in [-0.39, 0.29) is 17.2 Å². The Labute approximate surface area is 157 Å². The minimum absolute atomic E-state index is 0.164. The topological polar surface area (TPSA) is 69.7 Å². The summed E-state index contributed by atoms with van der Waals surface area (Å²) in [4.78, 5) is 40.3. The molecule has 1 aliphatic carbocycles. The second-order valence-corrected chi connectivity index (χ2v) is 7.33. The molecule has 1 aromatic carbocycles. The zero-order valence-electron chi connectivity index (χ0n) is 15.0. The summed E-state index contributed by atoms with van der Waals surface area (Å²) in [5.74, 6) is -1.90. The molecule has 0 bridgehead atoms. The Bertz CT molecular complexity index is 824. The minimum Gasteiger partial charge on any atom is -0.371 e. The Morgan fingerprint density at radius 3 is 2.41 bits per heavy atom. The van der Waals surface area contributed by atoms with Gasteiger partial charge >= 0.3 is 6.03 Å². The summed E-state index contributed by atoms with van der Waals surface area (Å²) < 4.78 is 14.6. The van der Waals surface area contributed by atoms with Crippen LogP contribution in [0.15, 0.2) is 23.8 Å². The van der Waals surface area contributed by atoms with Crippen molar-refractivity contribution in [2.24, 2.45) is 0 Å².